The van der Waals surface area contributed by atoms with Crippen LogP contribution in [0.1, 0.15) is 19.8 Å². The first-order chi connectivity index (χ1) is 10.2. The number of aromatic nitrogens is 1. The monoisotopic (exact) mass is 291 g/mol. The molecule has 1 aromatic heterocycles. The van der Waals surface area contributed by atoms with E-state index in [1.54, 1.807) is 12.4 Å². The van der Waals surface area contributed by atoms with Gasteiger partial charge in [-0.1, -0.05) is 0 Å². The minimum atomic E-state index is -0.206. The average Bonchev–Trinajstić information content (AvgIpc) is 2.94. The van der Waals surface area contributed by atoms with Crippen molar-refractivity contribution in [3.63, 3.8) is 0 Å². The van der Waals surface area contributed by atoms with Crippen molar-refractivity contribution in [1.29, 1.82) is 0 Å². The van der Waals surface area contributed by atoms with E-state index in [9.17, 15) is 4.79 Å². The summed E-state index contributed by atoms with van der Waals surface area (Å²) in [5.74, 6) is 0.983. The number of nitrogens with zero attached hydrogens (tertiary/aromatic N) is 2. The fraction of sp³-hybridized carbons (Fsp3) is 0.571. The predicted octanol–water partition coefficient (Wildman–Crippen LogP) is -0.179. The third kappa shape index (κ3) is 3.31. The molecule has 0 bridgehead atoms. The number of carbonyl (C=O) groups is 1. The van der Waals surface area contributed by atoms with Crippen LogP contribution in [-0.2, 0) is 4.79 Å². The summed E-state index contributed by atoms with van der Waals surface area (Å²) in [5.41, 5.74) is 8.76. The van der Waals surface area contributed by atoms with Crippen molar-refractivity contribution in [2.75, 3.05) is 13.1 Å². The maximum Gasteiger partial charge on any atom is 0.242 e. The molecule has 2 aliphatic rings. The molecule has 3 N–H and O–H groups in total. The maximum absolute atomic E-state index is 12.4. The van der Waals surface area contributed by atoms with Gasteiger partial charge in [0.25, 0.3) is 0 Å². The van der Waals surface area contributed by atoms with Crippen molar-refractivity contribution < 1.29 is 9.53 Å². The van der Waals surface area contributed by atoms with Crippen molar-refractivity contribution in [3.05, 3.63) is 24.5 Å². The van der Waals surface area contributed by atoms with Gasteiger partial charge in [0, 0.05) is 44.4 Å². The Hall–Kier alpha value is -1.70. The minimum absolute atomic E-state index is 0.0864. The lowest BCUT2D eigenvalue weighted by atomic mass is 10.0. The molecule has 0 saturated carbocycles. The fourth-order valence-electron chi connectivity index (χ4n) is 2.72. The molecule has 114 valence electrons. The van der Waals surface area contributed by atoms with Gasteiger partial charge in [-0.2, -0.15) is 5.53 Å². The fourth-order valence-corrected chi connectivity index (χ4v) is 2.72. The van der Waals surface area contributed by atoms with Crippen molar-refractivity contribution in [2.24, 2.45) is 0 Å². The molecule has 2 aliphatic heterocycles. The van der Waals surface area contributed by atoms with Crippen molar-refractivity contribution in [1.82, 2.24) is 26.3 Å². The van der Waals surface area contributed by atoms with Crippen molar-refractivity contribution in [3.8, 4) is 5.75 Å². The van der Waals surface area contributed by atoms with Gasteiger partial charge in [-0.15, -0.1) is 0 Å². The third-order valence-electron chi connectivity index (χ3n) is 4.00. The number of rotatable bonds is 3. The summed E-state index contributed by atoms with van der Waals surface area (Å²) in [4.78, 5) is 18.3. The summed E-state index contributed by atoms with van der Waals surface area (Å²) in [6, 6.07) is 3.60. The van der Waals surface area contributed by atoms with Gasteiger partial charge >= 0.3 is 0 Å². The van der Waals surface area contributed by atoms with Gasteiger partial charge in [-0.05, 0) is 19.1 Å². The number of hydrazine groups is 2. The Kier molecular flexibility index (Phi) is 4.33. The van der Waals surface area contributed by atoms with Crippen LogP contribution in [0.25, 0.3) is 0 Å². The van der Waals surface area contributed by atoms with E-state index in [1.165, 1.54) is 0 Å². The predicted molar refractivity (Wildman–Crippen MR) is 77.1 cm³/mol. The highest BCUT2D eigenvalue weighted by molar-refractivity contribution is 5.83. The molecular formula is C14H21N5O2. The molecule has 2 atom stereocenters. The number of likely N-dealkylation sites (tertiary alicyclic amines) is 1. The Morgan fingerprint density at radius 1 is 1.29 bits per heavy atom. The van der Waals surface area contributed by atoms with Gasteiger partial charge in [0.1, 0.15) is 17.9 Å². The molecule has 0 aliphatic carbocycles. The Bertz CT molecular complexity index is 476. The molecule has 2 saturated heterocycles. The molecule has 0 spiro atoms. The van der Waals surface area contributed by atoms with Crippen LogP contribution >= 0.6 is 0 Å². The van der Waals surface area contributed by atoms with E-state index in [-0.39, 0.29) is 24.1 Å². The highest BCUT2D eigenvalue weighted by Gasteiger charge is 2.34. The first-order valence-corrected chi connectivity index (χ1v) is 7.35. The number of carbonyl (C=O) groups excluding carboxylic acids is 1. The Balaban J connectivity index is 1.50. The van der Waals surface area contributed by atoms with Gasteiger partial charge in [0.2, 0.25) is 5.91 Å². The van der Waals surface area contributed by atoms with Crippen LogP contribution in [0.15, 0.2) is 24.5 Å². The quantitative estimate of drug-likeness (QED) is 0.717. The summed E-state index contributed by atoms with van der Waals surface area (Å²) < 4.78 is 5.91. The van der Waals surface area contributed by atoms with E-state index >= 15 is 0 Å². The topological polar surface area (TPSA) is 78.5 Å². The molecule has 1 aromatic rings. The minimum Gasteiger partial charge on any atom is -0.490 e. The second kappa shape index (κ2) is 6.38. The van der Waals surface area contributed by atoms with Crippen molar-refractivity contribution >= 4 is 5.91 Å². The normalized spacial score (nSPS) is 26.8. The van der Waals surface area contributed by atoms with E-state index in [4.69, 9.17) is 4.74 Å². The average molecular weight is 291 g/mol. The second-order valence-corrected chi connectivity index (χ2v) is 5.51. The zero-order valence-electron chi connectivity index (χ0n) is 12.1. The molecule has 2 unspecified atom stereocenters. The second-order valence-electron chi connectivity index (χ2n) is 5.51. The van der Waals surface area contributed by atoms with Crippen LogP contribution in [0.3, 0.4) is 0 Å². The molecule has 2 fully saturated rings. The lowest BCUT2D eigenvalue weighted by Crippen LogP contribution is -2.52. The smallest absolute Gasteiger partial charge is 0.242 e. The highest BCUT2D eigenvalue weighted by atomic mass is 16.5. The van der Waals surface area contributed by atoms with Crippen LogP contribution in [0, 0.1) is 0 Å². The third-order valence-corrected chi connectivity index (χ3v) is 4.00. The Morgan fingerprint density at radius 3 is 2.62 bits per heavy atom. The molecule has 21 heavy (non-hydrogen) atoms. The van der Waals surface area contributed by atoms with Gasteiger partial charge in [0.15, 0.2) is 0 Å². The van der Waals surface area contributed by atoms with Crippen LogP contribution in [0.2, 0.25) is 0 Å². The molecule has 3 rings (SSSR count). The molecule has 0 aromatic carbocycles. The number of piperidine rings is 1. The summed E-state index contributed by atoms with van der Waals surface area (Å²) in [5, 5.41) is 0. The van der Waals surface area contributed by atoms with Crippen LogP contribution in [0.4, 0.5) is 0 Å². The van der Waals surface area contributed by atoms with Crippen LogP contribution in [-0.4, -0.2) is 47.1 Å². The van der Waals surface area contributed by atoms with Gasteiger partial charge in [-0.25, -0.2) is 10.9 Å². The van der Waals surface area contributed by atoms with Crippen LogP contribution in [0.5, 0.6) is 5.75 Å². The lowest BCUT2D eigenvalue weighted by molar-refractivity contribution is -0.135. The van der Waals surface area contributed by atoms with E-state index in [2.05, 4.69) is 21.4 Å². The zero-order chi connectivity index (χ0) is 14.7. The largest absolute Gasteiger partial charge is 0.490 e. The standard InChI is InChI=1S/C14H21N5O2/c1-10-13(17-18-16-10)14(20)19-8-4-12(5-9-19)21-11-2-6-15-7-3-11/h2-3,6-7,10,12-13,16-18H,4-5,8-9H2,1H3. The van der Waals surface area contributed by atoms with Gasteiger partial charge in [-0.3, -0.25) is 9.78 Å². The summed E-state index contributed by atoms with van der Waals surface area (Å²) in [6.07, 6.45) is 5.33. The van der Waals surface area contributed by atoms with Gasteiger partial charge in [0.05, 0.1) is 0 Å². The van der Waals surface area contributed by atoms with E-state index in [1.807, 2.05) is 24.0 Å². The number of hydrogen-bond donors (Lipinski definition) is 3. The molecule has 7 heteroatoms. The summed E-state index contributed by atoms with van der Waals surface area (Å²) >= 11 is 0. The molecule has 0 radical (unpaired) electrons. The number of pyridine rings is 1. The Labute approximate surface area is 124 Å². The maximum atomic E-state index is 12.4. The van der Waals surface area contributed by atoms with E-state index in [0.717, 1.165) is 31.7 Å². The molecular weight excluding hydrogens is 270 g/mol. The zero-order valence-corrected chi connectivity index (χ0v) is 12.1. The number of hydrogen-bond acceptors (Lipinski definition) is 6. The molecule has 3 heterocycles. The lowest BCUT2D eigenvalue weighted by Gasteiger charge is -2.34. The molecule has 7 nitrogen and oxygen atoms in total. The number of ether oxygens (including phenoxy) is 1. The number of nitrogens with one attached hydrogen (secondary N) is 3. The SMILES string of the molecule is CC1NNNC1C(=O)N1CCC(Oc2ccncc2)CC1. The van der Waals surface area contributed by atoms with E-state index in [0.29, 0.717) is 0 Å². The van der Waals surface area contributed by atoms with Crippen LogP contribution < -0.4 is 21.1 Å². The first-order valence-electron chi connectivity index (χ1n) is 7.35. The number of amides is 1. The van der Waals surface area contributed by atoms with Crippen molar-refractivity contribution in [2.45, 2.75) is 38.0 Å². The summed E-state index contributed by atoms with van der Waals surface area (Å²) in [7, 11) is 0. The van der Waals surface area contributed by atoms with E-state index < -0.39 is 0 Å². The first kappa shape index (κ1) is 14.2. The Morgan fingerprint density at radius 2 is 2.00 bits per heavy atom. The highest BCUT2D eigenvalue weighted by Crippen LogP contribution is 2.19. The molecule has 1 amide bonds. The summed E-state index contributed by atoms with van der Waals surface area (Å²) in [6.45, 7) is 3.45. The van der Waals surface area contributed by atoms with Gasteiger partial charge < -0.3 is 9.64 Å².